The number of hydrogen-bond acceptors (Lipinski definition) is 1. The average molecular weight is 257 g/mol. The van der Waals surface area contributed by atoms with E-state index in [9.17, 15) is 13.2 Å². The molecule has 1 aromatic rings. The molecule has 18 heavy (non-hydrogen) atoms. The van der Waals surface area contributed by atoms with Gasteiger partial charge in [-0.15, -0.1) is 0 Å². The first kappa shape index (κ1) is 13.4. The standard InChI is InChI=1S/C14H18F3N/c1-8(2)6-18-7-10-3-11(10)9-4-12(15)14(17)13(16)5-9/h4-5,8,10-11,18H,3,6-7H2,1-2H3. The fraction of sp³-hybridized carbons (Fsp3) is 0.571. The number of nitrogens with one attached hydrogen (secondary N) is 1. The van der Waals surface area contributed by atoms with E-state index in [1.807, 2.05) is 0 Å². The summed E-state index contributed by atoms with van der Waals surface area (Å²) in [5, 5.41) is 3.33. The van der Waals surface area contributed by atoms with Crippen LogP contribution in [-0.4, -0.2) is 13.1 Å². The monoisotopic (exact) mass is 257 g/mol. The molecular weight excluding hydrogens is 239 g/mol. The van der Waals surface area contributed by atoms with E-state index in [-0.39, 0.29) is 5.92 Å². The summed E-state index contributed by atoms with van der Waals surface area (Å²) in [6.07, 6.45) is 0.912. The van der Waals surface area contributed by atoms with Crippen LogP contribution in [0.1, 0.15) is 31.7 Å². The lowest BCUT2D eigenvalue weighted by molar-refractivity contribution is 0.445. The van der Waals surface area contributed by atoms with Gasteiger partial charge < -0.3 is 5.32 Å². The molecule has 0 heterocycles. The third kappa shape index (κ3) is 3.05. The van der Waals surface area contributed by atoms with Crippen molar-refractivity contribution in [3.8, 4) is 0 Å². The van der Waals surface area contributed by atoms with Crippen LogP contribution in [0.4, 0.5) is 13.2 Å². The van der Waals surface area contributed by atoms with Gasteiger partial charge in [0.05, 0.1) is 0 Å². The molecule has 100 valence electrons. The summed E-state index contributed by atoms with van der Waals surface area (Å²) in [6.45, 7) is 6.04. The first-order valence-electron chi connectivity index (χ1n) is 6.34. The highest BCUT2D eigenvalue weighted by Crippen LogP contribution is 2.47. The van der Waals surface area contributed by atoms with Crippen molar-refractivity contribution in [1.29, 1.82) is 0 Å². The number of rotatable bonds is 5. The van der Waals surface area contributed by atoms with E-state index in [1.165, 1.54) is 0 Å². The minimum absolute atomic E-state index is 0.161. The highest BCUT2D eigenvalue weighted by molar-refractivity contribution is 5.28. The summed E-state index contributed by atoms with van der Waals surface area (Å²) in [5.41, 5.74) is 0.572. The maximum atomic E-state index is 13.1. The average Bonchev–Trinajstić information content (AvgIpc) is 3.04. The highest BCUT2D eigenvalue weighted by atomic mass is 19.2. The SMILES string of the molecule is CC(C)CNCC1CC1c1cc(F)c(F)c(F)c1. The van der Waals surface area contributed by atoms with E-state index in [0.717, 1.165) is 31.6 Å². The van der Waals surface area contributed by atoms with Gasteiger partial charge in [0.1, 0.15) is 0 Å². The van der Waals surface area contributed by atoms with E-state index in [0.29, 0.717) is 17.4 Å². The van der Waals surface area contributed by atoms with Gasteiger partial charge in [0.15, 0.2) is 17.5 Å². The molecule has 2 unspecified atom stereocenters. The zero-order valence-corrected chi connectivity index (χ0v) is 10.6. The quantitative estimate of drug-likeness (QED) is 0.797. The van der Waals surface area contributed by atoms with Crippen molar-refractivity contribution in [2.75, 3.05) is 13.1 Å². The van der Waals surface area contributed by atoms with Crippen LogP contribution in [0.3, 0.4) is 0 Å². The molecule has 1 nitrogen and oxygen atoms in total. The zero-order valence-electron chi connectivity index (χ0n) is 10.6. The first-order valence-corrected chi connectivity index (χ1v) is 6.34. The molecule has 0 bridgehead atoms. The molecule has 0 aliphatic heterocycles. The second-order valence-corrected chi connectivity index (χ2v) is 5.45. The number of benzene rings is 1. The second kappa shape index (κ2) is 5.31. The van der Waals surface area contributed by atoms with Gasteiger partial charge in [-0.3, -0.25) is 0 Å². The Morgan fingerprint density at radius 3 is 2.39 bits per heavy atom. The predicted molar refractivity (Wildman–Crippen MR) is 64.9 cm³/mol. The maximum absolute atomic E-state index is 13.1. The van der Waals surface area contributed by atoms with Crippen LogP contribution in [0.2, 0.25) is 0 Å². The molecule has 1 aliphatic rings. The van der Waals surface area contributed by atoms with Crippen molar-refractivity contribution in [2.24, 2.45) is 11.8 Å². The third-order valence-corrected chi connectivity index (χ3v) is 3.32. The van der Waals surface area contributed by atoms with Gasteiger partial charge in [-0.1, -0.05) is 13.8 Å². The Morgan fingerprint density at radius 1 is 1.22 bits per heavy atom. The fourth-order valence-electron chi connectivity index (χ4n) is 2.23. The van der Waals surface area contributed by atoms with Crippen LogP contribution in [0.5, 0.6) is 0 Å². The summed E-state index contributed by atoms with van der Waals surface area (Å²) in [6, 6.07) is 2.23. The van der Waals surface area contributed by atoms with Gasteiger partial charge in [-0.25, -0.2) is 13.2 Å². The van der Waals surface area contributed by atoms with Crippen molar-refractivity contribution in [3.63, 3.8) is 0 Å². The molecular formula is C14H18F3N. The molecule has 2 atom stereocenters. The van der Waals surface area contributed by atoms with E-state index in [4.69, 9.17) is 0 Å². The summed E-state index contributed by atoms with van der Waals surface area (Å²) < 4.78 is 39.0. The van der Waals surface area contributed by atoms with Gasteiger partial charge >= 0.3 is 0 Å². The van der Waals surface area contributed by atoms with Crippen molar-refractivity contribution >= 4 is 0 Å². The molecule has 2 rings (SSSR count). The lowest BCUT2D eigenvalue weighted by Gasteiger charge is -2.07. The fourth-order valence-corrected chi connectivity index (χ4v) is 2.23. The van der Waals surface area contributed by atoms with Crippen LogP contribution in [0, 0.1) is 29.3 Å². The number of hydrogen-bond donors (Lipinski definition) is 1. The van der Waals surface area contributed by atoms with Gasteiger partial charge in [0.25, 0.3) is 0 Å². The second-order valence-electron chi connectivity index (χ2n) is 5.45. The van der Waals surface area contributed by atoms with E-state index >= 15 is 0 Å². The molecule has 1 N–H and O–H groups in total. The molecule has 0 radical (unpaired) electrons. The Hall–Kier alpha value is -1.03. The Labute approximate surface area is 105 Å². The molecule has 1 fully saturated rings. The number of halogens is 3. The van der Waals surface area contributed by atoms with E-state index < -0.39 is 17.5 Å². The lowest BCUT2D eigenvalue weighted by atomic mass is 10.1. The van der Waals surface area contributed by atoms with Crippen molar-refractivity contribution in [3.05, 3.63) is 35.1 Å². The summed E-state index contributed by atoms with van der Waals surface area (Å²) in [7, 11) is 0. The van der Waals surface area contributed by atoms with Crippen LogP contribution in [0.25, 0.3) is 0 Å². The maximum Gasteiger partial charge on any atom is 0.194 e. The van der Waals surface area contributed by atoms with Crippen LogP contribution < -0.4 is 5.32 Å². The molecule has 0 spiro atoms. The Balaban J connectivity index is 1.91. The molecule has 0 amide bonds. The Kier molecular flexibility index (Phi) is 3.95. The predicted octanol–water partition coefficient (Wildman–Crippen LogP) is 3.45. The molecule has 1 saturated carbocycles. The van der Waals surface area contributed by atoms with Gasteiger partial charge in [0.2, 0.25) is 0 Å². The summed E-state index contributed by atoms with van der Waals surface area (Å²) in [5.74, 6) is -2.41. The normalized spacial score (nSPS) is 22.6. The van der Waals surface area contributed by atoms with Gasteiger partial charge in [-0.05, 0) is 55.0 Å². The molecule has 0 aromatic heterocycles. The zero-order chi connectivity index (χ0) is 13.3. The van der Waals surface area contributed by atoms with Gasteiger partial charge in [-0.2, -0.15) is 0 Å². The largest absolute Gasteiger partial charge is 0.316 e. The van der Waals surface area contributed by atoms with Crippen LogP contribution in [-0.2, 0) is 0 Å². The molecule has 4 heteroatoms. The molecule has 1 aliphatic carbocycles. The van der Waals surface area contributed by atoms with Crippen molar-refractivity contribution in [2.45, 2.75) is 26.2 Å². The minimum atomic E-state index is -1.38. The van der Waals surface area contributed by atoms with Crippen molar-refractivity contribution < 1.29 is 13.2 Å². The van der Waals surface area contributed by atoms with Gasteiger partial charge in [0, 0.05) is 0 Å². The third-order valence-electron chi connectivity index (χ3n) is 3.32. The Morgan fingerprint density at radius 2 is 1.83 bits per heavy atom. The van der Waals surface area contributed by atoms with Crippen molar-refractivity contribution in [1.82, 2.24) is 5.32 Å². The van der Waals surface area contributed by atoms with Crippen LogP contribution >= 0.6 is 0 Å². The summed E-state index contributed by atoms with van der Waals surface area (Å²) in [4.78, 5) is 0. The smallest absolute Gasteiger partial charge is 0.194 e. The molecule has 0 saturated heterocycles. The highest BCUT2D eigenvalue weighted by Gasteiger charge is 2.38. The lowest BCUT2D eigenvalue weighted by Crippen LogP contribution is -2.22. The van der Waals surface area contributed by atoms with E-state index in [1.54, 1.807) is 0 Å². The summed E-state index contributed by atoms with van der Waals surface area (Å²) >= 11 is 0. The van der Waals surface area contributed by atoms with Crippen LogP contribution in [0.15, 0.2) is 12.1 Å². The van der Waals surface area contributed by atoms with E-state index in [2.05, 4.69) is 19.2 Å². The Bertz CT molecular complexity index is 408. The first-order chi connectivity index (χ1) is 8.49. The topological polar surface area (TPSA) is 12.0 Å². The molecule has 1 aromatic carbocycles. The minimum Gasteiger partial charge on any atom is -0.316 e.